The first kappa shape index (κ1) is 15.3. The first-order valence-corrected chi connectivity index (χ1v) is 7.90. The van der Waals surface area contributed by atoms with Crippen molar-refractivity contribution in [1.82, 2.24) is 5.06 Å². The van der Waals surface area contributed by atoms with E-state index in [0.717, 1.165) is 11.3 Å². The SMILES string of the molecule is C[C@H](CO)C[C@@H](C)C(=O)N1OC[C@H]2COc3ccccc3[C@H]21. The lowest BCUT2D eigenvalue weighted by molar-refractivity contribution is -0.182. The summed E-state index contributed by atoms with van der Waals surface area (Å²) in [7, 11) is 0. The lowest BCUT2D eigenvalue weighted by atomic mass is 9.90. The van der Waals surface area contributed by atoms with Crippen LogP contribution < -0.4 is 4.74 Å². The Morgan fingerprint density at radius 2 is 2.14 bits per heavy atom. The third-order valence-corrected chi connectivity index (χ3v) is 4.52. The molecule has 4 atom stereocenters. The summed E-state index contributed by atoms with van der Waals surface area (Å²) < 4.78 is 5.76. The second-order valence-corrected chi connectivity index (χ2v) is 6.44. The van der Waals surface area contributed by atoms with Gasteiger partial charge in [0.2, 0.25) is 5.91 Å². The molecule has 0 unspecified atom stereocenters. The summed E-state index contributed by atoms with van der Waals surface area (Å²) in [6.45, 7) is 5.03. The molecular formula is C17H23NO4. The monoisotopic (exact) mass is 305 g/mol. The number of fused-ring (bicyclic) bond motifs is 3. The molecule has 5 nitrogen and oxygen atoms in total. The number of ether oxygens (including phenoxy) is 1. The topological polar surface area (TPSA) is 59.0 Å². The van der Waals surface area contributed by atoms with E-state index >= 15 is 0 Å². The molecule has 5 heteroatoms. The van der Waals surface area contributed by atoms with E-state index in [1.807, 2.05) is 38.1 Å². The van der Waals surface area contributed by atoms with Gasteiger partial charge in [-0.1, -0.05) is 32.0 Å². The molecule has 0 aliphatic carbocycles. The van der Waals surface area contributed by atoms with E-state index in [1.165, 1.54) is 0 Å². The van der Waals surface area contributed by atoms with Crippen LogP contribution in [0.2, 0.25) is 0 Å². The number of nitrogens with zero attached hydrogens (tertiary/aromatic N) is 1. The molecule has 0 saturated carbocycles. The number of benzene rings is 1. The fraction of sp³-hybridized carbons (Fsp3) is 0.588. The lowest BCUT2D eigenvalue weighted by Gasteiger charge is -2.32. The van der Waals surface area contributed by atoms with Crippen LogP contribution in [0.15, 0.2) is 24.3 Å². The average molecular weight is 305 g/mol. The molecule has 2 aliphatic rings. The van der Waals surface area contributed by atoms with Gasteiger partial charge in [-0.05, 0) is 18.4 Å². The van der Waals surface area contributed by atoms with Crippen molar-refractivity contribution in [1.29, 1.82) is 0 Å². The number of para-hydroxylation sites is 1. The van der Waals surface area contributed by atoms with E-state index in [-0.39, 0.29) is 36.3 Å². The summed E-state index contributed by atoms with van der Waals surface area (Å²) >= 11 is 0. The van der Waals surface area contributed by atoms with Gasteiger partial charge in [0.25, 0.3) is 0 Å². The van der Waals surface area contributed by atoms with Crippen molar-refractivity contribution in [3.63, 3.8) is 0 Å². The van der Waals surface area contributed by atoms with Gasteiger partial charge >= 0.3 is 0 Å². The number of amides is 1. The number of hydrogen-bond donors (Lipinski definition) is 1. The number of carbonyl (C=O) groups is 1. The molecule has 1 fully saturated rings. The molecule has 0 aromatic heterocycles. The smallest absolute Gasteiger partial charge is 0.249 e. The number of hydroxylamine groups is 2. The van der Waals surface area contributed by atoms with Crippen molar-refractivity contribution in [2.24, 2.45) is 17.8 Å². The predicted octanol–water partition coefficient (Wildman–Crippen LogP) is 2.16. The van der Waals surface area contributed by atoms with Gasteiger partial charge in [0, 0.05) is 24.0 Å². The van der Waals surface area contributed by atoms with Gasteiger partial charge in [0.1, 0.15) is 5.75 Å². The Hall–Kier alpha value is -1.59. The van der Waals surface area contributed by atoms with E-state index in [0.29, 0.717) is 19.6 Å². The zero-order valence-corrected chi connectivity index (χ0v) is 13.1. The highest BCUT2D eigenvalue weighted by Crippen LogP contribution is 2.43. The second-order valence-electron chi connectivity index (χ2n) is 6.44. The van der Waals surface area contributed by atoms with Gasteiger partial charge in [0.15, 0.2) is 0 Å². The van der Waals surface area contributed by atoms with E-state index in [1.54, 1.807) is 5.06 Å². The van der Waals surface area contributed by atoms with Crippen molar-refractivity contribution >= 4 is 5.91 Å². The van der Waals surface area contributed by atoms with Crippen LogP contribution in [-0.4, -0.2) is 35.9 Å². The van der Waals surface area contributed by atoms with Crippen molar-refractivity contribution in [3.05, 3.63) is 29.8 Å². The minimum Gasteiger partial charge on any atom is -0.493 e. The van der Waals surface area contributed by atoms with Gasteiger partial charge in [-0.15, -0.1) is 0 Å². The maximum atomic E-state index is 12.7. The van der Waals surface area contributed by atoms with Crippen molar-refractivity contribution < 1.29 is 19.5 Å². The highest BCUT2D eigenvalue weighted by atomic mass is 16.7. The standard InChI is InChI=1S/C17H23NO4/c1-11(8-19)7-12(2)17(20)18-16-13(10-22-18)9-21-15-6-4-3-5-14(15)16/h3-6,11-13,16,19H,7-10H2,1-2H3/t11-,12+,13+,16-/m0/s1. The van der Waals surface area contributed by atoms with E-state index in [2.05, 4.69) is 0 Å². The van der Waals surface area contributed by atoms with E-state index in [9.17, 15) is 9.90 Å². The molecule has 2 aliphatic heterocycles. The summed E-state index contributed by atoms with van der Waals surface area (Å²) in [4.78, 5) is 18.4. The van der Waals surface area contributed by atoms with Crippen molar-refractivity contribution in [2.75, 3.05) is 19.8 Å². The normalized spacial score (nSPS) is 25.9. The largest absolute Gasteiger partial charge is 0.493 e. The predicted molar refractivity (Wildman–Crippen MR) is 81.0 cm³/mol. The molecule has 1 N–H and O–H groups in total. The molecule has 1 aromatic rings. The molecule has 2 heterocycles. The minimum absolute atomic E-state index is 0.00972. The van der Waals surface area contributed by atoms with Gasteiger partial charge in [-0.2, -0.15) is 0 Å². The van der Waals surface area contributed by atoms with Gasteiger partial charge < -0.3 is 9.84 Å². The Morgan fingerprint density at radius 3 is 2.91 bits per heavy atom. The summed E-state index contributed by atoms with van der Waals surface area (Å²) in [5, 5.41) is 10.7. The van der Waals surface area contributed by atoms with E-state index in [4.69, 9.17) is 9.57 Å². The van der Waals surface area contributed by atoms with Crippen molar-refractivity contribution in [3.8, 4) is 5.75 Å². The first-order chi connectivity index (χ1) is 10.6. The van der Waals surface area contributed by atoms with Crippen molar-refractivity contribution in [2.45, 2.75) is 26.3 Å². The summed E-state index contributed by atoms with van der Waals surface area (Å²) in [6, 6.07) is 7.77. The number of aliphatic hydroxyl groups is 1. The van der Waals surface area contributed by atoms with Crippen LogP contribution in [0.5, 0.6) is 5.75 Å². The van der Waals surface area contributed by atoms with Gasteiger partial charge in [0.05, 0.1) is 19.3 Å². The Kier molecular flexibility index (Phi) is 4.36. The highest BCUT2D eigenvalue weighted by Gasteiger charge is 2.44. The van der Waals surface area contributed by atoms with Gasteiger partial charge in [-0.3, -0.25) is 9.63 Å². The Bertz CT molecular complexity index is 547. The molecule has 1 saturated heterocycles. The van der Waals surface area contributed by atoms with Crippen LogP contribution >= 0.6 is 0 Å². The fourth-order valence-electron chi connectivity index (χ4n) is 3.31. The zero-order valence-electron chi connectivity index (χ0n) is 13.1. The van der Waals surface area contributed by atoms with Crippen LogP contribution in [-0.2, 0) is 9.63 Å². The van der Waals surface area contributed by atoms with Crippen LogP contribution in [0, 0.1) is 17.8 Å². The zero-order chi connectivity index (χ0) is 15.7. The average Bonchev–Trinajstić information content (AvgIpc) is 2.98. The molecule has 22 heavy (non-hydrogen) atoms. The maximum absolute atomic E-state index is 12.7. The summed E-state index contributed by atoms with van der Waals surface area (Å²) in [5.41, 5.74) is 1.02. The third-order valence-electron chi connectivity index (χ3n) is 4.52. The van der Waals surface area contributed by atoms with Crippen LogP contribution in [0.4, 0.5) is 0 Å². The molecule has 1 aromatic carbocycles. The molecule has 3 rings (SSSR count). The fourth-order valence-corrected chi connectivity index (χ4v) is 3.31. The second kappa shape index (κ2) is 6.26. The van der Waals surface area contributed by atoms with Gasteiger partial charge in [-0.25, -0.2) is 5.06 Å². The van der Waals surface area contributed by atoms with E-state index < -0.39 is 0 Å². The Labute approximate surface area is 130 Å². The Morgan fingerprint density at radius 1 is 1.36 bits per heavy atom. The molecule has 1 amide bonds. The first-order valence-electron chi connectivity index (χ1n) is 7.90. The molecular weight excluding hydrogens is 282 g/mol. The number of aliphatic hydroxyl groups excluding tert-OH is 1. The number of carbonyl (C=O) groups excluding carboxylic acids is 1. The van der Waals surface area contributed by atoms with Crippen LogP contribution in [0.1, 0.15) is 31.9 Å². The lowest BCUT2D eigenvalue weighted by Crippen LogP contribution is -2.38. The molecule has 120 valence electrons. The van der Waals surface area contributed by atoms with Crippen LogP contribution in [0.3, 0.4) is 0 Å². The highest BCUT2D eigenvalue weighted by molar-refractivity contribution is 5.78. The molecule has 0 spiro atoms. The Balaban J connectivity index is 1.80. The molecule has 0 bridgehead atoms. The number of rotatable bonds is 4. The van der Waals surface area contributed by atoms with Crippen LogP contribution in [0.25, 0.3) is 0 Å². The maximum Gasteiger partial charge on any atom is 0.249 e. The quantitative estimate of drug-likeness (QED) is 0.926. The summed E-state index contributed by atoms with van der Waals surface area (Å²) in [5.74, 6) is 0.949. The minimum atomic E-state index is -0.170. The molecule has 0 radical (unpaired) electrons. The summed E-state index contributed by atoms with van der Waals surface area (Å²) in [6.07, 6.45) is 0.657. The number of hydrogen-bond acceptors (Lipinski definition) is 4. The third kappa shape index (κ3) is 2.71.